The Hall–Kier alpha value is -1.75. The quantitative estimate of drug-likeness (QED) is 0.754. The van der Waals surface area contributed by atoms with Crippen molar-refractivity contribution in [2.75, 3.05) is 5.32 Å². The van der Waals surface area contributed by atoms with Crippen LogP contribution in [0, 0.1) is 0 Å². The Labute approximate surface area is 93.6 Å². The molecule has 0 radical (unpaired) electrons. The van der Waals surface area contributed by atoms with Crippen molar-refractivity contribution in [1.29, 1.82) is 0 Å². The molecule has 0 amide bonds. The summed E-state index contributed by atoms with van der Waals surface area (Å²) >= 11 is 0. The van der Waals surface area contributed by atoms with Crippen LogP contribution in [-0.4, -0.2) is 12.4 Å². The van der Waals surface area contributed by atoms with Gasteiger partial charge in [-0.2, -0.15) is 0 Å². The first-order valence-electron chi connectivity index (χ1n) is 4.94. The Bertz CT molecular complexity index is 644. The summed E-state index contributed by atoms with van der Waals surface area (Å²) in [4.78, 5) is 0.324. The van der Waals surface area contributed by atoms with Crippen molar-refractivity contribution < 1.29 is 8.42 Å². The van der Waals surface area contributed by atoms with Crippen LogP contribution in [0.1, 0.15) is 5.69 Å². The number of hydrogen-bond acceptors (Lipinski definition) is 3. The summed E-state index contributed by atoms with van der Waals surface area (Å²) in [5.74, 6) is 0. The van der Waals surface area contributed by atoms with Crippen LogP contribution in [-0.2, 0) is 16.6 Å². The molecular weight excluding hydrogens is 224 g/mol. The van der Waals surface area contributed by atoms with Crippen molar-refractivity contribution in [1.82, 2.24) is 3.97 Å². The second kappa shape index (κ2) is 3.12. The van der Waals surface area contributed by atoms with E-state index >= 15 is 0 Å². The first kappa shape index (κ1) is 9.47. The highest BCUT2D eigenvalue weighted by Crippen LogP contribution is 2.27. The van der Waals surface area contributed by atoms with Gasteiger partial charge in [-0.25, -0.2) is 12.4 Å². The largest absolute Gasteiger partial charge is 0.378 e. The van der Waals surface area contributed by atoms with Gasteiger partial charge in [0.2, 0.25) is 0 Å². The number of nitrogens with one attached hydrogen (secondary N) is 1. The average molecular weight is 234 g/mol. The molecule has 0 fully saturated rings. The normalized spacial score (nSPS) is 16.8. The fourth-order valence-electron chi connectivity index (χ4n) is 1.90. The number of nitrogens with zero attached hydrogens (tertiary/aromatic N) is 1. The molecule has 82 valence electrons. The molecule has 0 atom stereocenters. The Morgan fingerprint density at radius 1 is 1.12 bits per heavy atom. The molecule has 0 aliphatic carbocycles. The minimum Gasteiger partial charge on any atom is -0.378 e. The molecule has 0 spiro atoms. The molecule has 4 nitrogen and oxygen atoms in total. The third kappa shape index (κ3) is 1.18. The van der Waals surface area contributed by atoms with Gasteiger partial charge >= 0.3 is 0 Å². The van der Waals surface area contributed by atoms with E-state index in [4.69, 9.17) is 0 Å². The van der Waals surface area contributed by atoms with E-state index in [-0.39, 0.29) is 0 Å². The first-order chi connectivity index (χ1) is 7.69. The molecule has 1 aromatic heterocycles. The summed E-state index contributed by atoms with van der Waals surface area (Å²) in [6, 6.07) is 10.5. The monoisotopic (exact) mass is 234 g/mol. The predicted octanol–water partition coefficient (Wildman–Crippen LogP) is 1.65. The number of hydrogen-bond donors (Lipinski definition) is 1. The van der Waals surface area contributed by atoms with Crippen molar-refractivity contribution in [3.05, 3.63) is 48.3 Å². The summed E-state index contributed by atoms with van der Waals surface area (Å²) < 4.78 is 25.9. The lowest BCUT2D eigenvalue weighted by Gasteiger charge is -2.07. The molecule has 0 saturated carbocycles. The van der Waals surface area contributed by atoms with E-state index in [2.05, 4.69) is 5.32 Å². The molecule has 0 bridgehead atoms. The van der Waals surface area contributed by atoms with Crippen LogP contribution in [0.25, 0.3) is 0 Å². The lowest BCUT2D eigenvalue weighted by Crippen LogP contribution is -2.12. The molecule has 2 heterocycles. The molecule has 0 saturated heterocycles. The van der Waals surface area contributed by atoms with Gasteiger partial charge < -0.3 is 5.32 Å². The van der Waals surface area contributed by atoms with Gasteiger partial charge in [0.15, 0.2) is 0 Å². The Kier molecular flexibility index (Phi) is 1.85. The van der Waals surface area contributed by atoms with Gasteiger partial charge in [-0.15, -0.1) is 0 Å². The molecule has 16 heavy (non-hydrogen) atoms. The van der Waals surface area contributed by atoms with Gasteiger partial charge in [0.1, 0.15) is 4.90 Å². The van der Waals surface area contributed by atoms with Crippen LogP contribution >= 0.6 is 0 Å². The smallest absolute Gasteiger partial charge is 0.269 e. The van der Waals surface area contributed by atoms with Crippen LogP contribution in [0.15, 0.2) is 47.5 Å². The highest BCUT2D eigenvalue weighted by molar-refractivity contribution is 7.90. The maximum absolute atomic E-state index is 12.3. The number of fused-ring (bicyclic) bond motifs is 2. The number of anilines is 1. The van der Waals surface area contributed by atoms with Crippen LogP contribution in [0.2, 0.25) is 0 Å². The van der Waals surface area contributed by atoms with Crippen LogP contribution in [0.4, 0.5) is 5.69 Å². The molecule has 3 rings (SSSR count). The number of aromatic nitrogens is 1. The van der Waals surface area contributed by atoms with Gasteiger partial charge in [0, 0.05) is 6.20 Å². The van der Waals surface area contributed by atoms with Crippen molar-refractivity contribution in [2.45, 2.75) is 11.4 Å². The molecular formula is C11H10N2O2S. The second-order valence-corrected chi connectivity index (χ2v) is 5.43. The van der Waals surface area contributed by atoms with Gasteiger partial charge in [0.25, 0.3) is 10.0 Å². The van der Waals surface area contributed by atoms with E-state index in [1.54, 1.807) is 36.5 Å². The molecule has 1 aromatic carbocycles. The maximum atomic E-state index is 12.3. The summed E-state index contributed by atoms with van der Waals surface area (Å²) in [6.45, 7) is 0.517. The van der Waals surface area contributed by atoms with Crippen LogP contribution < -0.4 is 5.32 Å². The minimum absolute atomic E-state index is 0.324. The number of rotatable bonds is 0. The lowest BCUT2D eigenvalue weighted by molar-refractivity contribution is 0.587. The van der Waals surface area contributed by atoms with Gasteiger partial charge in [-0.3, -0.25) is 0 Å². The zero-order valence-corrected chi connectivity index (χ0v) is 9.24. The topological polar surface area (TPSA) is 51.1 Å². The number of benzene rings is 1. The Morgan fingerprint density at radius 2 is 1.94 bits per heavy atom. The van der Waals surface area contributed by atoms with E-state index in [0.29, 0.717) is 17.1 Å². The van der Waals surface area contributed by atoms with Crippen molar-refractivity contribution in [3.8, 4) is 0 Å². The highest BCUT2D eigenvalue weighted by atomic mass is 32.2. The summed E-state index contributed by atoms with van der Waals surface area (Å²) in [7, 11) is -3.44. The van der Waals surface area contributed by atoms with E-state index in [1.165, 1.54) is 3.97 Å². The van der Waals surface area contributed by atoms with E-state index in [9.17, 15) is 8.42 Å². The molecule has 0 unspecified atom stereocenters. The third-order valence-corrected chi connectivity index (χ3v) is 4.46. The van der Waals surface area contributed by atoms with E-state index in [1.807, 2.05) is 6.07 Å². The van der Waals surface area contributed by atoms with Crippen molar-refractivity contribution in [2.24, 2.45) is 0 Å². The predicted molar refractivity (Wildman–Crippen MR) is 60.8 cm³/mol. The summed E-state index contributed by atoms with van der Waals surface area (Å²) in [6.07, 6.45) is 1.58. The van der Waals surface area contributed by atoms with Crippen molar-refractivity contribution in [3.63, 3.8) is 0 Å². The minimum atomic E-state index is -3.44. The van der Waals surface area contributed by atoms with Gasteiger partial charge in [0.05, 0.1) is 17.9 Å². The van der Waals surface area contributed by atoms with Gasteiger partial charge in [-0.05, 0) is 24.3 Å². The zero-order valence-electron chi connectivity index (χ0n) is 8.42. The summed E-state index contributed by atoms with van der Waals surface area (Å²) in [5.41, 5.74) is 1.41. The maximum Gasteiger partial charge on any atom is 0.269 e. The number of para-hydroxylation sites is 1. The van der Waals surface area contributed by atoms with Crippen molar-refractivity contribution >= 4 is 15.7 Å². The lowest BCUT2D eigenvalue weighted by atomic mass is 10.3. The second-order valence-electron chi connectivity index (χ2n) is 3.65. The Morgan fingerprint density at radius 3 is 2.81 bits per heavy atom. The van der Waals surface area contributed by atoms with Crippen LogP contribution in [0.3, 0.4) is 0 Å². The standard InChI is InChI=1S/C11H10N2O2S/c14-16(15)11-6-2-1-5-10(11)12-8-9-4-3-7-13(9)16/h1-7,12H,8H2. The molecule has 1 aliphatic heterocycles. The van der Waals surface area contributed by atoms with Crippen LogP contribution in [0.5, 0.6) is 0 Å². The first-order valence-corrected chi connectivity index (χ1v) is 6.38. The summed E-state index contributed by atoms with van der Waals surface area (Å²) in [5, 5.41) is 3.12. The fraction of sp³-hybridized carbons (Fsp3) is 0.0909. The fourth-order valence-corrected chi connectivity index (χ4v) is 3.45. The van der Waals surface area contributed by atoms with E-state index < -0.39 is 10.0 Å². The van der Waals surface area contributed by atoms with E-state index in [0.717, 1.165) is 5.69 Å². The average Bonchev–Trinajstić information content (AvgIpc) is 2.72. The highest BCUT2D eigenvalue weighted by Gasteiger charge is 2.24. The zero-order chi connectivity index (χ0) is 11.2. The molecule has 1 aliphatic rings. The van der Waals surface area contributed by atoms with Gasteiger partial charge in [-0.1, -0.05) is 12.1 Å². The molecule has 2 aromatic rings. The molecule has 5 heteroatoms. The Balaban J connectivity index is 2.36. The SMILES string of the molecule is O=S1(=O)c2ccccc2NCc2cccn21. The third-order valence-electron chi connectivity index (χ3n) is 2.68. The molecule has 1 N–H and O–H groups in total.